The Morgan fingerprint density at radius 2 is 0.881 bits per heavy atom. The second kappa shape index (κ2) is 15.9. The average molecular weight is 567 g/mol. The summed E-state index contributed by atoms with van der Waals surface area (Å²) in [7, 11) is 0. The summed E-state index contributed by atoms with van der Waals surface area (Å²) in [5.74, 6) is 1.62. The van der Waals surface area contributed by atoms with Crippen molar-refractivity contribution >= 4 is 6.16 Å². The van der Waals surface area contributed by atoms with E-state index >= 15 is 0 Å². The minimum atomic E-state index is -0.771. The molecule has 0 aliphatic heterocycles. The lowest BCUT2D eigenvalue weighted by Crippen LogP contribution is -2.14. The summed E-state index contributed by atoms with van der Waals surface area (Å²) >= 11 is 0. The van der Waals surface area contributed by atoms with Crippen molar-refractivity contribution in [3.05, 3.63) is 131 Å². The molecule has 42 heavy (non-hydrogen) atoms. The maximum absolute atomic E-state index is 12.4. The number of carbonyl (C=O) groups excluding carboxylic acids is 1. The summed E-state index contributed by atoms with van der Waals surface area (Å²) in [6, 6.07) is 35.5. The predicted molar refractivity (Wildman–Crippen MR) is 167 cm³/mol. The Hall–Kier alpha value is -3.93. The van der Waals surface area contributed by atoms with Crippen LogP contribution in [0.3, 0.4) is 0 Å². The van der Waals surface area contributed by atoms with Crippen LogP contribution in [0.4, 0.5) is 4.79 Å². The van der Waals surface area contributed by atoms with Gasteiger partial charge in [0.15, 0.2) is 0 Å². The SMILES string of the molecule is CC(C)C(OCCc1ccc(OC(=O)Oc2ccc(CCOC(c3ccccc3)C(C)C)cc2)cc1)c1ccccc1. The first-order valence-electron chi connectivity index (χ1n) is 14.8. The Labute approximate surface area is 250 Å². The van der Waals surface area contributed by atoms with E-state index in [0.717, 1.165) is 24.0 Å². The van der Waals surface area contributed by atoms with Crippen molar-refractivity contribution in [1.29, 1.82) is 0 Å². The maximum atomic E-state index is 12.4. The molecular weight excluding hydrogens is 524 g/mol. The van der Waals surface area contributed by atoms with Gasteiger partial charge in [0, 0.05) is 0 Å². The van der Waals surface area contributed by atoms with Crippen molar-refractivity contribution in [2.24, 2.45) is 11.8 Å². The molecule has 0 spiro atoms. The van der Waals surface area contributed by atoms with Gasteiger partial charge in [-0.25, -0.2) is 4.79 Å². The van der Waals surface area contributed by atoms with Crippen LogP contribution in [0.15, 0.2) is 109 Å². The van der Waals surface area contributed by atoms with Crippen molar-refractivity contribution in [2.75, 3.05) is 13.2 Å². The molecule has 0 radical (unpaired) electrons. The van der Waals surface area contributed by atoms with E-state index in [1.807, 2.05) is 60.7 Å². The lowest BCUT2D eigenvalue weighted by Gasteiger charge is -2.22. The molecule has 0 bridgehead atoms. The molecule has 2 unspecified atom stereocenters. The third-order valence-corrected chi connectivity index (χ3v) is 7.09. The van der Waals surface area contributed by atoms with Gasteiger partial charge >= 0.3 is 6.16 Å². The molecule has 0 aliphatic rings. The number of hydrogen-bond donors (Lipinski definition) is 0. The quantitative estimate of drug-likeness (QED) is 0.112. The number of ether oxygens (including phenoxy) is 4. The van der Waals surface area contributed by atoms with Crippen LogP contribution in [-0.4, -0.2) is 19.4 Å². The van der Waals surface area contributed by atoms with Crippen LogP contribution in [0.1, 0.15) is 62.2 Å². The van der Waals surface area contributed by atoms with E-state index in [2.05, 4.69) is 52.0 Å². The van der Waals surface area contributed by atoms with Gasteiger partial charge in [0.05, 0.1) is 25.4 Å². The van der Waals surface area contributed by atoms with Gasteiger partial charge in [-0.3, -0.25) is 0 Å². The van der Waals surface area contributed by atoms with Gasteiger partial charge in [0.1, 0.15) is 11.5 Å². The molecule has 4 aromatic rings. The smallest absolute Gasteiger partial charge is 0.395 e. The fourth-order valence-corrected chi connectivity index (χ4v) is 4.90. The summed E-state index contributed by atoms with van der Waals surface area (Å²) in [5.41, 5.74) is 4.60. The maximum Gasteiger partial charge on any atom is 0.519 e. The third kappa shape index (κ3) is 9.57. The standard InChI is InChI=1S/C37H42O5/c1-27(2)35(31-11-7-5-8-12-31)39-25-23-29-15-19-33(20-16-29)41-37(38)42-34-21-17-30(18-22-34)24-26-40-36(28(3)4)32-13-9-6-10-14-32/h5-22,27-28,35-36H,23-26H2,1-4H3. The Morgan fingerprint density at radius 1 is 0.524 bits per heavy atom. The molecule has 0 aromatic heterocycles. The molecule has 4 rings (SSSR count). The van der Waals surface area contributed by atoms with Gasteiger partial charge in [-0.05, 0) is 71.2 Å². The minimum Gasteiger partial charge on any atom is -0.395 e. The van der Waals surface area contributed by atoms with Crippen molar-refractivity contribution < 1.29 is 23.7 Å². The normalized spacial score (nSPS) is 12.7. The van der Waals surface area contributed by atoms with Crippen LogP contribution in [-0.2, 0) is 22.3 Å². The van der Waals surface area contributed by atoms with Gasteiger partial charge < -0.3 is 18.9 Å². The Balaban J connectivity index is 1.19. The zero-order valence-corrected chi connectivity index (χ0v) is 25.1. The topological polar surface area (TPSA) is 54.0 Å². The van der Waals surface area contributed by atoms with Crippen molar-refractivity contribution in [3.63, 3.8) is 0 Å². The number of benzene rings is 4. The number of rotatable bonds is 14. The minimum absolute atomic E-state index is 0.0582. The summed E-state index contributed by atoms with van der Waals surface area (Å²) in [4.78, 5) is 12.4. The highest BCUT2D eigenvalue weighted by atomic mass is 16.7. The summed E-state index contributed by atoms with van der Waals surface area (Å²) in [6.07, 6.45) is 0.878. The molecule has 4 aromatic carbocycles. The van der Waals surface area contributed by atoms with Crippen LogP contribution in [0, 0.1) is 11.8 Å². The van der Waals surface area contributed by atoms with E-state index in [9.17, 15) is 4.79 Å². The molecule has 0 N–H and O–H groups in total. The first-order chi connectivity index (χ1) is 20.4. The molecule has 0 fully saturated rings. The lowest BCUT2D eigenvalue weighted by molar-refractivity contribution is 0.0228. The van der Waals surface area contributed by atoms with E-state index in [-0.39, 0.29) is 12.2 Å². The second-order valence-electron chi connectivity index (χ2n) is 11.1. The fourth-order valence-electron chi connectivity index (χ4n) is 4.90. The molecule has 5 nitrogen and oxygen atoms in total. The Bertz CT molecular complexity index is 1230. The van der Waals surface area contributed by atoms with Gasteiger partial charge in [0.25, 0.3) is 0 Å². The first-order valence-corrected chi connectivity index (χ1v) is 14.8. The molecule has 2 atom stereocenters. The second-order valence-corrected chi connectivity index (χ2v) is 11.1. The highest BCUT2D eigenvalue weighted by molar-refractivity contribution is 5.67. The highest BCUT2D eigenvalue weighted by Gasteiger charge is 2.17. The van der Waals surface area contributed by atoms with Crippen LogP contribution in [0.5, 0.6) is 11.5 Å². The zero-order chi connectivity index (χ0) is 29.7. The molecule has 220 valence electrons. The van der Waals surface area contributed by atoms with E-state index in [1.54, 1.807) is 24.3 Å². The predicted octanol–water partition coefficient (Wildman–Crippen LogP) is 9.18. The van der Waals surface area contributed by atoms with E-state index < -0.39 is 6.16 Å². The highest BCUT2D eigenvalue weighted by Crippen LogP contribution is 2.27. The Kier molecular flexibility index (Phi) is 11.7. The van der Waals surface area contributed by atoms with Gasteiger partial charge in [-0.1, -0.05) is 113 Å². The average Bonchev–Trinajstić information content (AvgIpc) is 2.99. The largest absolute Gasteiger partial charge is 0.519 e. The molecule has 0 amide bonds. The van der Waals surface area contributed by atoms with E-state index in [1.165, 1.54) is 11.1 Å². The summed E-state index contributed by atoms with van der Waals surface area (Å²) in [5, 5.41) is 0. The molecule has 5 heteroatoms. The van der Waals surface area contributed by atoms with Crippen LogP contribution < -0.4 is 9.47 Å². The number of carbonyl (C=O) groups is 1. The molecular formula is C37H42O5. The first kappa shape index (κ1) is 31.0. The van der Waals surface area contributed by atoms with Crippen LogP contribution in [0.2, 0.25) is 0 Å². The van der Waals surface area contributed by atoms with Gasteiger partial charge in [-0.15, -0.1) is 0 Å². The zero-order valence-electron chi connectivity index (χ0n) is 25.1. The molecule has 0 saturated carbocycles. The summed E-state index contributed by atoms with van der Waals surface area (Å²) in [6.45, 7) is 9.88. The monoisotopic (exact) mass is 566 g/mol. The van der Waals surface area contributed by atoms with Gasteiger partial charge in [0.2, 0.25) is 0 Å². The van der Waals surface area contributed by atoms with Crippen molar-refractivity contribution in [1.82, 2.24) is 0 Å². The third-order valence-electron chi connectivity index (χ3n) is 7.09. The van der Waals surface area contributed by atoms with Crippen molar-refractivity contribution in [2.45, 2.75) is 52.7 Å². The van der Waals surface area contributed by atoms with Crippen molar-refractivity contribution in [3.8, 4) is 11.5 Å². The summed E-state index contributed by atoms with van der Waals surface area (Å²) < 4.78 is 23.2. The fraction of sp³-hybridized carbons (Fsp3) is 0.324. The van der Waals surface area contributed by atoms with Crippen LogP contribution >= 0.6 is 0 Å². The molecule has 0 aliphatic carbocycles. The molecule has 0 saturated heterocycles. The number of hydrogen-bond acceptors (Lipinski definition) is 5. The van der Waals surface area contributed by atoms with Crippen LogP contribution in [0.25, 0.3) is 0 Å². The molecule has 0 heterocycles. The van der Waals surface area contributed by atoms with E-state index in [0.29, 0.717) is 36.5 Å². The Morgan fingerprint density at radius 3 is 1.21 bits per heavy atom. The van der Waals surface area contributed by atoms with Gasteiger partial charge in [-0.2, -0.15) is 0 Å². The lowest BCUT2D eigenvalue weighted by atomic mass is 9.99. The van der Waals surface area contributed by atoms with E-state index in [4.69, 9.17) is 18.9 Å².